The lowest BCUT2D eigenvalue weighted by Crippen LogP contribution is -1.93. The van der Waals surface area contributed by atoms with Crippen LogP contribution in [0.2, 0.25) is 0 Å². The maximum absolute atomic E-state index is 13.2. The molecule has 0 saturated carbocycles. The quantitative estimate of drug-likeness (QED) is 0.692. The highest BCUT2D eigenvalue weighted by Gasteiger charge is 2.09. The topological polar surface area (TPSA) is 9.23 Å². The molecule has 0 heterocycles. The minimum atomic E-state index is -0.298. The molecule has 0 atom stereocenters. The average molecular weight is 200 g/mol. The molecule has 1 aromatic rings. The van der Waals surface area contributed by atoms with Crippen LogP contribution in [0.3, 0.4) is 0 Å². The molecule has 0 saturated heterocycles. The van der Waals surface area contributed by atoms with Crippen LogP contribution in [-0.2, 0) is 0 Å². The van der Waals surface area contributed by atoms with E-state index in [1.54, 1.807) is 17.8 Å². The third-order valence-electron chi connectivity index (χ3n) is 1.50. The summed E-state index contributed by atoms with van der Waals surface area (Å²) in [5, 5.41) is 0.427. The molecule has 0 bridgehead atoms. The van der Waals surface area contributed by atoms with E-state index in [9.17, 15) is 4.39 Å². The molecule has 0 amide bonds. The van der Waals surface area contributed by atoms with Gasteiger partial charge in [0.25, 0.3) is 0 Å². The Bertz CT molecular complexity index is 286. The van der Waals surface area contributed by atoms with Crippen LogP contribution < -0.4 is 4.74 Å². The van der Waals surface area contributed by atoms with E-state index >= 15 is 0 Å². The summed E-state index contributed by atoms with van der Waals surface area (Å²) < 4.78 is 18.1. The van der Waals surface area contributed by atoms with Gasteiger partial charge in [-0.2, -0.15) is 0 Å². The summed E-state index contributed by atoms with van der Waals surface area (Å²) in [6.07, 6.45) is 0. The fraction of sp³-hybridized carbons (Fsp3) is 0.400. The number of hydrogen-bond donors (Lipinski definition) is 0. The molecule has 1 rings (SSSR count). The molecule has 13 heavy (non-hydrogen) atoms. The number of halogens is 1. The van der Waals surface area contributed by atoms with Gasteiger partial charge in [-0.25, -0.2) is 4.39 Å². The SMILES string of the molecule is COc1c(F)cccc1SC(C)C. The van der Waals surface area contributed by atoms with Gasteiger partial charge in [-0.3, -0.25) is 0 Å². The van der Waals surface area contributed by atoms with Gasteiger partial charge in [-0.15, -0.1) is 11.8 Å². The zero-order valence-electron chi connectivity index (χ0n) is 8.00. The minimum Gasteiger partial charge on any atom is -0.492 e. The number of benzene rings is 1. The number of rotatable bonds is 3. The first-order chi connectivity index (χ1) is 6.15. The molecular weight excluding hydrogens is 187 g/mol. The van der Waals surface area contributed by atoms with Gasteiger partial charge < -0.3 is 4.74 Å². The van der Waals surface area contributed by atoms with E-state index in [1.165, 1.54) is 13.2 Å². The molecule has 0 fully saturated rings. The van der Waals surface area contributed by atoms with Crippen LogP contribution in [0.25, 0.3) is 0 Å². The Kier molecular flexibility index (Phi) is 3.60. The van der Waals surface area contributed by atoms with E-state index < -0.39 is 0 Å². The van der Waals surface area contributed by atoms with Crippen LogP contribution in [0, 0.1) is 5.82 Å². The van der Waals surface area contributed by atoms with E-state index in [1.807, 2.05) is 6.07 Å². The third kappa shape index (κ3) is 2.62. The highest BCUT2D eigenvalue weighted by atomic mass is 32.2. The largest absolute Gasteiger partial charge is 0.492 e. The zero-order chi connectivity index (χ0) is 9.84. The number of methoxy groups -OCH3 is 1. The molecule has 0 aromatic heterocycles. The molecule has 0 radical (unpaired) electrons. The molecule has 1 aromatic carbocycles. The lowest BCUT2D eigenvalue weighted by Gasteiger charge is -2.10. The molecule has 0 aliphatic heterocycles. The first-order valence-electron chi connectivity index (χ1n) is 4.14. The van der Waals surface area contributed by atoms with Gasteiger partial charge in [0, 0.05) is 5.25 Å². The maximum Gasteiger partial charge on any atom is 0.168 e. The van der Waals surface area contributed by atoms with Crippen LogP contribution in [0.1, 0.15) is 13.8 Å². The van der Waals surface area contributed by atoms with Crippen molar-refractivity contribution in [3.8, 4) is 5.75 Å². The van der Waals surface area contributed by atoms with E-state index in [0.29, 0.717) is 11.0 Å². The van der Waals surface area contributed by atoms with Gasteiger partial charge in [0.15, 0.2) is 11.6 Å². The Labute approximate surface area is 82.3 Å². The Morgan fingerprint density at radius 2 is 2.08 bits per heavy atom. The summed E-state index contributed by atoms with van der Waals surface area (Å²) in [5.74, 6) is 0.0503. The summed E-state index contributed by atoms with van der Waals surface area (Å²) in [6.45, 7) is 4.13. The average Bonchev–Trinajstić information content (AvgIpc) is 2.03. The normalized spacial score (nSPS) is 10.5. The molecular formula is C10H13FOS. The van der Waals surface area contributed by atoms with Crippen molar-refractivity contribution < 1.29 is 9.13 Å². The molecule has 0 aliphatic carbocycles. The summed E-state index contributed by atoms with van der Waals surface area (Å²) in [6, 6.07) is 4.97. The predicted octanol–water partition coefficient (Wildman–Crippen LogP) is 3.33. The van der Waals surface area contributed by atoms with Crippen LogP contribution in [0.5, 0.6) is 5.75 Å². The Morgan fingerprint density at radius 1 is 1.38 bits per heavy atom. The highest BCUT2D eigenvalue weighted by molar-refractivity contribution is 8.00. The first-order valence-corrected chi connectivity index (χ1v) is 5.02. The van der Waals surface area contributed by atoms with Crippen LogP contribution in [0.15, 0.2) is 23.1 Å². The third-order valence-corrected chi connectivity index (χ3v) is 2.54. The molecule has 1 nitrogen and oxygen atoms in total. The van der Waals surface area contributed by atoms with Crippen molar-refractivity contribution in [3.05, 3.63) is 24.0 Å². The number of ether oxygens (including phenoxy) is 1. The van der Waals surface area contributed by atoms with Crippen molar-refractivity contribution in [1.29, 1.82) is 0 Å². The molecule has 72 valence electrons. The predicted molar refractivity (Wildman–Crippen MR) is 53.9 cm³/mol. The van der Waals surface area contributed by atoms with Crippen LogP contribution in [-0.4, -0.2) is 12.4 Å². The van der Waals surface area contributed by atoms with Crippen molar-refractivity contribution in [2.24, 2.45) is 0 Å². The molecule has 0 N–H and O–H groups in total. The molecule has 0 aliphatic rings. The van der Waals surface area contributed by atoms with E-state index in [4.69, 9.17) is 4.74 Å². The summed E-state index contributed by atoms with van der Waals surface area (Å²) >= 11 is 1.60. The van der Waals surface area contributed by atoms with Crippen molar-refractivity contribution in [2.45, 2.75) is 24.0 Å². The fourth-order valence-corrected chi connectivity index (χ4v) is 1.99. The van der Waals surface area contributed by atoms with E-state index in [0.717, 1.165) is 4.90 Å². The second-order valence-electron chi connectivity index (χ2n) is 2.94. The van der Waals surface area contributed by atoms with E-state index in [2.05, 4.69) is 13.8 Å². The highest BCUT2D eigenvalue weighted by Crippen LogP contribution is 2.33. The van der Waals surface area contributed by atoms with Crippen molar-refractivity contribution in [1.82, 2.24) is 0 Å². The summed E-state index contributed by atoms with van der Waals surface area (Å²) in [4.78, 5) is 0.859. The van der Waals surface area contributed by atoms with Crippen LogP contribution >= 0.6 is 11.8 Å². The van der Waals surface area contributed by atoms with Crippen molar-refractivity contribution in [3.63, 3.8) is 0 Å². The zero-order valence-corrected chi connectivity index (χ0v) is 8.82. The Balaban J connectivity index is 2.98. The summed E-state index contributed by atoms with van der Waals surface area (Å²) in [7, 11) is 1.49. The van der Waals surface area contributed by atoms with Gasteiger partial charge in [0.2, 0.25) is 0 Å². The second kappa shape index (κ2) is 4.51. The van der Waals surface area contributed by atoms with Gasteiger partial charge in [0.05, 0.1) is 12.0 Å². The lowest BCUT2D eigenvalue weighted by molar-refractivity contribution is 0.376. The van der Waals surface area contributed by atoms with Crippen molar-refractivity contribution in [2.75, 3.05) is 7.11 Å². The molecule has 3 heteroatoms. The minimum absolute atomic E-state index is 0.298. The first kappa shape index (κ1) is 10.4. The smallest absolute Gasteiger partial charge is 0.168 e. The van der Waals surface area contributed by atoms with Gasteiger partial charge >= 0.3 is 0 Å². The Morgan fingerprint density at radius 3 is 2.62 bits per heavy atom. The summed E-state index contributed by atoms with van der Waals surface area (Å²) in [5.41, 5.74) is 0. The lowest BCUT2D eigenvalue weighted by atomic mass is 10.3. The fourth-order valence-electron chi connectivity index (χ4n) is 1.03. The van der Waals surface area contributed by atoms with Gasteiger partial charge in [-0.05, 0) is 12.1 Å². The molecule has 0 spiro atoms. The van der Waals surface area contributed by atoms with Gasteiger partial charge in [-0.1, -0.05) is 19.9 Å². The number of hydrogen-bond acceptors (Lipinski definition) is 2. The molecule has 0 unspecified atom stereocenters. The Hall–Kier alpha value is -0.700. The maximum atomic E-state index is 13.2. The van der Waals surface area contributed by atoms with Crippen molar-refractivity contribution >= 4 is 11.8 Å². The standard InChI is InChI=1S/C10H13FOS/c1-7(2)13-9-6-4-5-8(11)10(9)12-3/h4-7H,1-3H3. The van der Waals surface area contributed by atoms with Gasteiger partial charge in [0.1, 0.15) is 0 Å². The van der Waals surface area contributed by atoms with Crippen LogP contribution in [0.4, 0.5) is 4.39 Å². The monoisotopic (exact) mass is 200 g/mol. The number of thioether (sulfide) groups is 1. The van der Waals surface area contributed by atoms with E-state index in [-0.39, 0.29) is 5.82 Å². The number of para-hydroxylation sites is 1. The second-order valence-corrected chi connectivity index (χ2v) is 4.56.